The smallest absolute Gasteiger partial charge is 0.193 e. The molecule has 0 bridgehead atoms. The van der Waals surface area contributed by atoms with Crippen molar-refractivity contribution >= 4 is 17.2 Å². The van der Waals surface area contributed by atoms with Crippen molar-refractivity contribution in [1.82, 2.24) is 0 Å². The predicted molar refractivity (Wildman–Crippen MR) is 177 cm³/mol. The summed E-state index contributed by atoms with van der Waals surface area (Å²) in [4.78, 5) is 18.1. The van der Waals surface area contributed by atoms with Gasteiger partial charge in [-0.2, -0.15) is 0 Å². The van der Waals surface area contributed by atoms with Crippen molar-refractivity contribution < 1.29 is 4.79 Å². The van der Waals surface area contributed by atoms with Gasteiger partial charge in [-0.1, -0.05) is 104 Å². The van der Waals surface area contributed by atoms with Gasteiger partial charge < -0.3 is 9.80 Å². The van der Waals surface area contributed by atoms with Gasteiger partial charge in [0.2, 0.25) is 0 Å². The Bertz CT molecular complexity index is 816. The van der Waals surface area contributed by atoms with Crippen LogP contribution in [0.25, 0.3) is 0 Å². The molecule has 2 aromatic rings. The first-order valence-electron chi connectivity index (χ1n) is 16.9. The molecule has 0 fully saturated rings. The van der Waals surface area contributed by atoms with Crippen molar-refractivity contribution in [1.29, 1.82) is 0 Å². The zero-order chi connectivity index (χ0) is 28.8. The van der Waals surface area contributed by atoms with Crippen LogP contribution in [0, 0.1) is 0 Å². The monoisotopic (exact) mass is 548 g/mol. The van der Waals surface area contributed by atoms with Gasteiger partial charge in [0.1, 0.15) is 0 Å². The van der Waals surface area contributed by atoms with E-state index in [1.54, 1.807) is 0 Å². The standard InChI is InChI=1S/C37H60N2O/c1-5-9-11-13-15-17-19-21-31-38(7-3)35-27-23-33(24-28-35)37(40)34-25-29-36(30-26-34)39(8-4)32-22-20-18-16-14-12-10-6-2/h23-30H,5-22,31-32H2,1-4H3. The van der Waals surface area contributed by atoms with Crippen LogP contribution in [0.1, 0.15) is 146 Å². The van der Waals surface area contributed by atoms with Crippen LogP contribution < -0.4 is 9.80 Å². The van der Waals surface area contributed by atoms with Gasteiger partial charge in [-0.15, -0.1) is 0 Å². The molecule has 0 radical (unpaired) electrons. The van der Waals surface area contributed by atoms with E-state index in [4.69, 9.17) is 0 Å². The van der Waals surface area contributed by atoms with Crippen LogP contribution in [-0.2, 0) is 0 Å². The number of anilines is 2. The quantitative estimate of drug-likeness (QED) is 0.0962. The molecule has 3 heteroatoms. The van der Waals surface area contributed by atoms with Gasteiger partial charge in [0.25, 0.3) is 0 Å². The molecule has 0 atom stereocenters. The fourth-order valence-corrected chi connectivity index (χ4v) is 5.63. The molecule has 3 nitrogen and oxygen atoms in total. The number of nitrogens with zero attached hydrogens (tertiary/aromatic N) is 2. The van der Waals surface area contributed by atoms with Crippen LogP contribution >= 0.6 is 0 Å². The molecule has 0 heterocycles. The van der Waals surface area contributed by atoms with Crippen molar-refractivity contribution in [3.8, 4) is 0 Å². The maximum Gasteiger partial charge on any atom is 0.193 e. The number of carbonyl (C=O) groups excluding carboxylic acids is 1. The summed E-state index contributed by atoms with van der Waals surface area (Å²) in [5.74, 6) is 0.107. The Kier molecular flexibility index (Phi) is 18.2. The van der Waals surface area contributed by atoms with Crippen LogP contribution in [0.4, 0.5) is 11.4 Å². The van der Waals surface area contributed by atoms with E-state index in [1.807, 2.05) is 24.3 Å². The Morgan fingerprint density at radius 3 is 1.05 bits per heavy atom. The molecule has 224 valence electrons. The highest BCUT2D eigenvalue weighted by Gasteiger charge is 2.12. The maximum atomic E-state index is 13.2. The predicted octanol–water partition coefficient (Wildman–Crippen LogP) is 10.9. The van der Waals surface area contributed by atoms with Crippen LogP contribution in [0.5, 0.6) is 0 Å². The minimum Gasteiger partial charge on any atom is -0.372 e. The van der Waals surface area contributed by atoms with Gasteiger partial charge in [-0.05, 0) is 75.2 Å². The third kappa shape index (κ3) is 12.9. The second-order valence-electron chi connectivity index (χ2n) is 11.5. The molecule has 0 N–H and O–H groups in total. The summed E-state index contributed by atoms with van der Waals surface area (Å²) in [6, 6.07) is 16.5. The fourth-order valence-electron chi connectivity index (χ4n) is 5.63. The molecule has 2 rings (SSSR count). The van der Waals surface area contributed by atoms with Crippen LogP contribution in [0.3, 0.4) is 0 Å². The van der Waals surface area contributed by atoms with Gasteiger partial charge >= 0.3 is 0 Å². The highest BCUT2D eigenvalue weighted by Crippen LogP contribution is 2.21. The molecule has 40 heavy (non-hydrogen) atoms. The lowest BCUT2D eigenvalue weighted by Crippen LogP contribution is -2.24. The highest BCUT2D eigenvalue weighted by molar-refractivity contribution is 6.09. The van der Waals surface area contributed by atoms with Crippen molar-refractivity contribution in [3.63, 3.8) is 0 Å². The van der Waals surface area contributed by atoms with Gasteiger partial charge in [0, 0.05) is 48.7 Å². The van der Waals surface area contributed by atoms with E-state index < -0.39 is 0 Å². The average Bonchev–Trinajstić information content (AvgIpc) is 2.99. The fraction of sp³-hybridized carbons (Fsp3) is 0.649. The lowest BCUT2D eigenvalue weighted by Gasteiger charge is -2.24. The van der Waals surface area contributed by atoms with Gasteiger partial charge in [-0.25, -0.2) is 0 Å². The number of ketones is 1. The van der Waals surface area contributed by atoms with E-state index >= 15 is 0 Å². The zero-order valence-corrected chi connectivity index (χ0v) is 26.6. The summed E-state index contributed by atoms with van der Waals surface area (Å²) in [6.45, 7) is 13.2. The van der Waals surface area contributed by atoms with E-state index in [0.29, 0.717) is 0 Å². The molecule has 0 saturated carbocycles. The van der Waals surface area contributed by atoms with E-state index in [0.717, 1.165) is 37.3 Å². The molecule has 0 amide bonds. The highest BCUT2D eigenvalue weighted by atomic mass is 16.1. The van der Waals surface area contributed by atoms with Crippen LogP contribution in [0.2, 0.25) is 0 Å². The summed E-state index contributed by atoms with van der Waals surface area (Å²) < 4.78 is 0. The number of unbranched alkanes of at least 4 members (excludes halogenated alkanes) is 14. The number of carbonyl (C=O) groups is 1. The summed E-state index contributed by atoms with van der Waals surface area (Å²) in [6.07, 6.45) is 21.5. The van der Waals surface area contributed by atoms with E-state index in [9.17, 15) is 4.79 Å². The number of benzene rings is 2. The summed E-state index contributed by atoms with van der Waals surface area (Å²) in [5, 5.41) is 0. The minimum absolute atomic E-state index is 0.107. The molecule has 0 spiro atoms. The van der Waals surface area contributed by atoms with E-state index in [-0.39, 0.29) is 5.78 Å². The molecular weight excluding hydrogens is 488 g/mol. The number of hydrogen-bond acceptors (Lipinski definition) is 3. The molecule has 0 aliphatic carbocycles. The molecule has 0 aromatic heterocycles. The van der Waals surface area contributed by atoms with Crippen molar-refractivity contribution in [3.05, 3.63) is 59.7 Å². The molecule has 0 unspecified atom stereocenters. The second-order valence-corrected chi connectivity index (χ2v) is 11.5. The Balaban J connectivity index is 1.79. The molecule has 2 aromatic carbocycles. The zero-order valence-electron chi connectivity index (χ0n) is 26.6. The molecular formula is C37H60N2O. The topological polar surface area (TPSA) is 23.6 Å². The summed E-state index contributed by atoms with van der Waals surface area (Å²) >= 11 is 0. The van der Waals surface area contributed by atoms with Gasteiger partial charge in [0.05, 0.1) is 0 Å². The maximum absolute atomic E-state index is 13.2. The van der Waals surface area contributed by atoms with Crippen molar-refractivity contribution in [2.45, 2.75) is 130 Å². The van der Waals surface area contributed by atoms with Gasteiger partial charge in [0.15, 0.2) is 5.78 Å². The Morgan fingerprint density at radius 1 is 0.450 bits per heavy atom. The first-order valence-corrected chi connectivity index (χ1v) is 16.9. The van der Waals surface area contributed by atoms with Crippen molar-refractivity contribution in [2.24, 2.45) is 0 Å². The second kappa shape index (κ2) is 21.5. The third-order valence-corrected chi connectivity index (χ3v) is 8.32. The summed E-state index contributed by atoms with van der Waals surface area (Å²) in [5.41, 5.74) is 3.98. The molecule has 0 aliphatic heterocycles. The number of rotatable bonds is 24. The summed E-state index contributed by atoms with van der Waals surface area (Å²) in [7, 11) is 0. The van der Waals surface area contributed by atoms with Crippen molar-refractivity contribution in [2.75, 3.05) is 36.0 Å². The Morgan fingerprint density at radius 2 is 0.750 bits per heavy atom. The normalized spacial score (nSPS) is 11.1. The molecule has 0 aliphatic rings. The Labute approximate surface area is 247 Å². The molecule has 0 saturated heterocycles. The minimum atomic E-state index is 0.107. The van der Waals surface area contributed by atoms with Crippen LogP contribution in [-0.4, -0.2) is 32.0 Å². The lowest BCUT2D eigenvalue weighted by molar-refractivity contribution is 0.103. The average molecular weight is 549 g/mol. The third-order valence-electron chi connectivity index (χ3n) is 8.32. The number of hydrogen-bond donors (Lipinski definition) is 0. The van der Waals surface area contributed by atoms with Crippen LogP contribution in [0.15, 0.2) is 48.5 Å². The lowest BCUT2D eigenvalue weighted by atomic mass is 10.0. The first kappa shape index (κ1) is 33.9. The van der Waals surface area contributed by atoms with E-state index in [2.05, 4.69) is 61.8 Å². The SMILES string of the molecule is CCCCCCCCCCN(CC)c1ccc(C(=O)c2ccc(N(CC)CCCCCCCCCC)cc2)cc1. The van der Waals surface area contributed by atoms with Gasteiger partial charge in [-0.3, -0.25) is 4.79 Å². The van der Waals surface area contributed by atoms with E-state index in [1.165, 1.54) is 114 Å². The Hall–Kier alpha value is -2.29. The largest absolute Gasteiger partial charge is 0.372 e. The first-order chi connectivity index (χ1) is 19.6.